The molecule has 0 spiro atoms. The van der Waals surface area contributed by atoms with Crippen LogP contribution in [0, 0.1) is 13.8 Å². The molecule has 0 bridgehead atoms. The molecule has 2 heterocycles. The van der Waals surface area contributed by atoms with E-state index >= 15 is 0 Å². The molecular weight excluding hydrogens is 318 g/mol. The zero-order chi connectivity index (χ0) is 18.0. The minimum absolute atomic E-state index is 0.0258. The van der Waals surface area contributed by atoms with Crippen LogP contribution >= 0.6 is 0 Å². The second kappa shape index (κ2) is 7.25. The molecule has 7 nitrogen and oxygen atoms in total. The first-order valence-electron chi connectivity index (χ1n) is 8.54. The maximum absolute atomic E-state index is 12.4. The zero-order valence-electron chi connectivity index (χ0n) is 14.8. The number of hydrazine groups is 1. The first kappa shape index (κ1) is 17.4. The van der Waals surface area contributed by atoms with Crippen LogP contribution in [0.15, 0.2) is 30.3 Å². The summed E-state index contributed by atoms with van der Waals surface area (Å²) in [5.74, 6) is 0.212. The number of aromatic nitrogens is 2. The number of benzene rings is 1. The van der Waals surface area contributed by atoms with Gasteiger partial charge in [0.25, 0.3) is 0 Å². The van der Waals surface area contributed by atoms with Gasteiger partial charge in [0.1, 0.15) is 11.8 Å². The van der Waals surface area contributed by atoms with Gasteiger partial charge in [-0.3, -0.25) is 9.48 Å². The second-order valence-corrected chi connectivity index (χ2v) is 6.69. The summed E-state index contributed by atoms with van der Waals surface area (Å²) in [6, 6.07) is 8.92. The minimum atomic E-state index is -0.286. The van der Waals surface area contributed by atoms with Crippen molar-refractivity contribution < 1.29 is 9.90 Å². The van der Waals surface area contributed by atoms with Gasteiger partial charge in [-0.1, -0.05) is 12.1 Å². The lowest BCUT2D eigenvalue weighted by atomic mass is 10.0. The molecule has 3 atom stereocenters. The summed E-state index contributed by atoms with van der Waals surface area (Å²) in [7, 11) is 0. The number of carbonyl (C=O) groups is 1. The van der Waals surface area contributed by atoms with Gasteiger partial charge in [0.2, 0.25) is 5.91 Å². The molecule has 1 aromatic heterocycles. The van der Waals surface area contributed by atoms with Crippen molar-refractivity contribution in [3.8, 4) is 5.75 Å². The molecule has 3 rings (SSSR count). The Labute approximate surface area is 147 Å². The summed E-state index contributed by atoms with van der Waals surface area (Å²) in [6.07, 6.45) is 0.658. The molecular formula is C18H25N5O2. The number of aryl methyl sites for hydroxylation is 2. The third kappa shape index (κ3) is 4.00. The average molecular weight is 343 g/mol. The summed E-state index contributed by atoms with van der Waals surface area (Å²) in [6.45, 7) is 6.55. The van der Waals surface area contributed by atoms with Crippen molar-refractivity contribution in [1.29, 1.82) is 0 Å². The van der Waals surface area contributed by atoms with Gasteiger partial charge in [-0.05, 0) is 51.0 Å². The van der Waals surface area contributed by atoms with Crippen LogP contribution in [-0.2, 0) is 4.79 Å². The Morgan fingerprint density at radius 3 is 2.72 bits per heavy atom. The van der Waals surface area contributed by atoms with E-state index in [9.17, 15) is 9.90 Å². The highest BCUT2D eigenvalue weighted by molar-refractivity contribution is 5.82. The molecule has 25 heavy (non-hydrogen) atoms. The molecule has 1 aliphatic heterocycles. The number of hydrogen-bond acceptors (Lipinski definition) is 5. The number of aromatic hydroxyl groups is 1. The molecule has 1 amide bonds. The van der Waals surface area contributed by atoms with Crippen molar-refractivity contribution in [3.05, 3.63) is 47.3 Å². The molecule has 1 aliphatic rings. The van der Waals surface area contributed by atoms with Crippen molar-refractivity contribution in [2.75, 3.05) is 6.54 Å². The molecule has 1 saturated heterocycles. The lowest BCUT2D eigenvalue weighted by molar-refractivity contribution is -0.123. The number of phenolic OH excluding ortho intramolecular Hbond substituents is 1. The van der Waals surface area contributed by atoms with E-state index in [0.717, 1.165) is 17.0 Å². The van der Waals surface area contributed by atoms with E-state index in [0.29, 0.717) is 13.0 Å². The topological polar surface area (TPSA) is 91.2 Å². The first-order chi connectivity index (χ1) is 11.9. The van der Waals surface area contributed by atoms with E-state index in [4.69, 9.17) is 0 Å². The van der Waals surface area contributed by atoms with E-state index in [1.165, 1.54) is 0 Å². The number of phenols is 1. The average Bonchev–Trinajstić information content (AvgIpc) is 3.20. The minimum Gasteiger partial charge on any atom is -0.508 e. The highest BCUT2D eigenvalue weighted by atomic mass is 16.3. The van der Waals surface area contributed by atoms with Crippen molar-refractivity contribution in [2.24, 2.45) is 0 Å². The third-order valence-electron chi connectivity index (χ3n) is 4.55. The van der Waals surface area contributed by atoms with Crippen LogP contribution in [0.3, 0.4) is 0 Å². The number of carbonyl (C=O) groups excluding carboxylic acids is 1. The molecule has 134 valence electrons. The summed E-state index contributed by atoms with van der Waals surface area (Å²) in [4.78, 5) is 12.4. The van der Waals surface area contributed by atoms with Gasteiger partial charge in [-0.15, -0.1) is 0 Å². The van der Waals surface area contributed by atoms with E-state index in [1.807, 2.05) is 43.7 Å². The third-order valence-corrected chi connectivity index (χ3v) is 4.55. The molecule has 7 heteroatoms. The smallest absolute Gasteiger partial charge is 0.238 e. The van der Waals surface area contributed by atoms with Crippen LogP contribution in [-0.4, -0.2) is 33.4 Å². The monoisotopic (exact) mass is 343 g/mol. The Bertz CT molecular complexity index is 740. The SMILES string of the molecule is Cc1cc(C)n(C(C)CNC(=O)C2CC(c3ccc(O)cc3)NN2)n1. The Hall–Kier alpha value is -2.38. The zero-order valence-corrected chi connectivity index (χ0v) is 14.8. The van der Waals surface area contributed by atoms with Crippen LogP contribution in [0.4, 0.5) is 0 Å². The maximum atomic E-state index is 12.4. The first-order valence-corrected chi connectivity index (χ1v) is 8.54. The van der Waals surface area contributed by atoms with E-state index < -0.39 is 0 Å². The van der Waals surface area contributed by atoms with Gasteiger partial charge in [0.05, 0.1) is 11.7 Å². The van der Waals surface area contributed by atoms with Crippen molar-refractivity contribution in [3.63, 3.8) is 0 Å². The molecule has 1 aromatic carbocycles. The molecule has 1 fully saturated rings. The Balaban J connectivity index is 1.52. The fourth-order valence-corrected chi connectivity index (χ4v) is 3.20. The normalized spacial score (nSPS) is 21.2. The van der Waals surface area contributed by atoms with Gasteiger partial charge < -0.3 is 10.4 Å². The number of nitrogens with one attached hydrogen (secondary N) is 3. The second-order valence-electron chi connectivity index (χ2n) is 6.69. The molecule has 0 radical (unpaired) electrons. The Morgan fingerprint density at radius 2 is 2.08 bits per heavy atom. The van der Waals surface area contributed by atoms with E-state index in [-0.39, 0.29) is 29.8 Å². The Kier molecular flexibility index (Phi) is 5.06. The largest absolute Gasteiger partial charge is 0.508 e. The molecule has 2 aromatic rings. The predicted octanol–water partition coefficient (Wildman–Crippen LogP) is 1.49. The van der Waals surface area contributed by atoms with Gasteiger partial charge in [0, 0.05) is 18.3 Å². The number of hydrogen-bond donors (Lipinski definition) is 4. The van der Waals surface area contributed by atoms with Gasteiger partial charge in [0.15, 0.2) is 0 Å². The highest BCUT2D eigenvalue weighted by Crippen LogP contribution is 2.24. The van der Waals surface area contributed by atoms with Gasteiger partial charge in [-0.2, -0.15) is 5.10 Å². The highest BCUT2D eigenvalue weighted by Gasteiger charge is 2.30. The molecule has 0 saturated carbocycles. The van der Waals surface area contributed by atoms with Crippen molar-refractivity contribution >= 4 is 5.91 Å². The number of amides is 1. The fraction of sp³-hybridized carbons (Fsp3) is 0.444. The quantitative estimate of drug-likeness (QED) is 0.660. The molecule has 3 unspecified atom stereocenters. The summed E-state index contributed by atoms with van der Waals surface area (Å²) < 4.78 is 1.94. The van der Waals surface area contributed by atoms with Crippen LogP contribution < -0.4 is 16.2 Å². The van der Waals surface area contributed by atoms with Crippen molar-refractivity contribution in [2.45, 2.75) is 45.3 Å². The summed E-state index contributed by atoms with van der Waals surface area (Å²) in [5.41, 5.74) is 9.31. The number of rotatable bonds is 5. The summed E-state index contributed by atoms with van der Waals surface area (Å²) >= 11 is 0. The van der Waals surface area contributed by atoms with Crippen LogP contribution in [0.1, 0.15) is 42.4 Å². The Morgan fingerprint density at radius 1 is 1.36 bits per heavy atom. The number of nitrogens with zero attached hydrogens (tertiary/aromatic N) is 2. The molecule has 0 aliphatic carbocycles. The fourth-order valence-electron chi connectivity index (χ4n) is 3.20. The van der Waals surface area contributed by atoms with E-state index in [1.54, 1.807) is 12.1 Å². The maximum Gasteiger partial charge on any atom is 0.238 e. The lowest BCUT2D eigenvalue weighted by Gasteiger charge is -2.17. The van der Waals surface area contributed by atoms with Crippen molar-refractivity contribution in [1.82, 2.24) is 25.9 Å². The van der Waals surface area contributed by atoms with Crippen LogP contribution in [0.25, 0.3) is 0 Å². The van der Waals surface area contributed by atoms with Gasteiger partial charge >= 0.3 is 0 Å². The standard InChI is InChI=1S/C18H25N5O2/c1-11-8-12(2)23(22-11)13(3)10-19-18(25)17-9-16(20-21-17)14-4-6-15(24)7-5-14/h4-8,13,16-17,20-21,24H,9-10H2,1-3H3,(H,19,25). The lowest BCUT2D eigenvalue weighted by Crippen LogP contribution is -2.44. The predicted molar refractivity (Wildman–Crippen MR) is 94.9 cm³/mol. The van der Waals surface area contributed by atoms with Crippen LogP contribution in [0.5, 0.6) is 5.75 Å². The summed E-state index contributed by atoms with van der Waals surface area (Å²) in [5, 5.41) is 16.8. The van der Waals surface area contributed by atoms with Crippen LogP contribution in [0.2, 0.25) is 0 Å². The van der Waals surface area contributed by atoms with E-state index in [2.05, 4.69) is 21.3 Å². The molecule has 4 N–H and O–H groups in total. The van der Waals surface area contributed by atoms with Gasteiger partial charge in [-0.25, -0.2) is 10.9 Å².